The summed E-state index contributed by atoms with van der Waals surface area (Å²) in [6, 6.07) is 11.4. The Morgan fingerprint density at radius 3 is 2.31 bits per heavy atom. The second-order valence-corrected chi connectivity index (χ2v) is 6.46. The molecule has 0 aromatic heterocycles. The lowest BCUT2D eigenvalue weighted by atomic mass is 10.00. The highest BCUT2D eigenvalue weighted by Gasteiger charge is 2.44. The molecule has 3 N–H and O–H groups in total. The fourth-order valence-electron chi connectivity index (χ4n) is 2.73. The van der Waals surface area contributed by atoms with Gasteiger partial charge >= 0.3 is 11.2 Å². The number of benzene rings is 3. The first kappa shape index (κ1) is 20.9. The second-order valence-electron chi connectivity index (χ2n) is 5.65. The van der Waals surface area contributed by atoms with Gasteiger partial charge in [0.05, 0.1) is 5.39 Å². The quantitative estimate of drug-likeness (QED) is 0.0932. The summed E-state index contributed by atoms with van der Waals surface area (Å²) < 4.78 is 40.0. The van der Waals surface area contributed by atoms with Gasteiger partial charge < -0.3 is 19.7 Å². The smallest absolute Gasteiger partial charge is 0.415 e. The molecular weight excluding hydrogens is 414 g/mol. The predicted molar refractivity (Wildman–Crippen MR) is 98.6 cm³/mol. The zero-order valence-electron chi connectivity index (χ0n) is 14.5. The number of phenolic OH excluding ortho intramolecular Hbond substituents is 2. The van der Waals surface area contributed by atoms with E-state index in [0.29, 0.717) is 16.2 Å². The van der Waals surface area contributed by atoms with Gasteiger partial charge in [-0.3, -0.25) is 0 Å². The molecule has 0 spiro atoms. The molecule has 0 heterocycles. The SMILES string of the molecule is O=C(OCCOc1cccc2c(O)c3ccccc3c(O)c12)C(F)(F)SOOO. The molecule has 0 aliphatic rings. The molecule has 0 fully saturated rings. The molecule has 154 valence electrons. The Hall–Kier alpha value is -2.86. The number of phenols is 2. The molecule has 3 rings (SSSR count). The number of carbonyl (C=O) groups is 1. The lowest BCUT2D eigenvalue weighted by Crippen LogP contribution is -2.28. The van der Waals surface area contributed by atoms with Crippen LogP contribution in [0.1, 0.15) is 0 Å². The highest BCUT2D eigenvalue weighted by molar-refractivity contribution is 7.96. The number of carbonyl (C=O) groups excluding carboxylic acids is 1. The van der Waals surface area contributed by atoms with Gasteiger partial charge in [-0.2, -0.15) is 8.78 Å². The molecule has 3 aromatic carbocycles. The number of fused-ring (bicyclic) bond motifs is 2. The van der Waals surface area contributed by atoms with Crippen LogP contribution in [0.2, 0.25) is 0 Å². The molecule has 29 heavy (non-hydrogen) atoms. The Morgan fingerprint density at radius 1 is 0.966 bits per heavy atom. The maximum Gasteiger partial charge on any atom is 0.415 e. The van der Waals surface area contributed by atoms with Crippen molar-refractivity contribution in [3.63, 3.8) is 0 Å². The first-order valence-electron chi connectivity index (χ1n) is 8.06. The van der Waals surface area contributed by atoms with Crippen LogP contribution in [-0.4, -0.2) is 39.9 Å². The van der Waals surface area contributed by atoms with Crippen molar-refractivity contribution in [3.05, 3.63) is 42.5 Å². The van der Waals surface area contributed by atoms with Crippen molar-refractivity contribution in [2.45, 2.75) is 5.25 Å². The number of ether oxygens (including phenoxy) is 2. The molecule has 0 aliphatic carbocycles. The Labute approximate surface area is 166 Å². The van der Waals surface area contributed by atoms with E-state index in [4.69, 9.17) is 9.99 Å². The molecule has 0 unspecified atom stereocenters. The molecule has 0 saturated heterocycles. The minimum absolute atomic E-state index is 0.0481. The summed E-state index contributed by atoms with van der Waals surface area (Å²) in [5.74, 6) is -1.93. The number of esters is 1. The average molecular weight is 428 g/mol. The summed E-state index contributed by atoms with van der Waals surface area (Å²) in [6.45, 7) is -0.846. The van der Waals surface area contributed by atoms with Crippen LogP contribution in [0.5, 0.6) is 17.2 Å². The van der Waals surface area contributed by atoms with Gasteiger partial charge in [0.1, 0.15) is 42.5 Å². The van der Waals surface area contributed by atoms with Gasteiger partial charge in [-0.05, 0) is 6.07 Å². The third kappa shape index (κ3) is 4.27. The molecule has 3 aromatic rings. The van der Waals surface area contributed by atoms with Crippen LogP contribution in [-0.2, 0) is 18.9 Å². The van der Waals surface area contributed by atoms with Crippen molar-refractivity contribution < 1.29 is 47.9 Å². The lowest BCUT2D eigenvalue weighted by molar-refractivity contribution is -0.433. The van der Waals surface area contributed by atoms with Gasteiger partial charge in [0, 0.05) is 16.2 Å². The number of aromatic hydroxyl groups is 2. The Bertz CT molecular complexity index is 1040. The summed E-state index contributed by atoms with van der Waals surface area (Å²) in [4.78, 5) is 11.3. The molecule has 0 radical (unpaired) electrons. The van der Waals surface area contributed by atoms with E-state index in [2.05, 4.69) is 14.1 Å². The van der Waals surface area contributed by atoms with Crippen LogP contribution in [0, 0.1) is 0 Å². The zero-order valence-corrected chi connectivity index (χ0v) is 15.3. The van der Waals surface area contributed by atoms with E-state index in [1.54, 1.807) is 36.4 Å². The highest BCUT2D eigenvalue weighted by Crippen LogP contribution is 2.45. The van der Waals surface area contributed by atoms with E-state index < -0.39 is 29.9 Å². The third-order valence-electron chi connectivity index (χ3n) is 3.94. The molecule has 0 saturated carbocycles. The van der Waals surface area contributed by atoms with Crippen molar-refractivity contribution >= 4 is 39.6 Å². The van der Waals surface area contributed by atoms with Crippen LogP contribution < -0.4 is 4.74 Å². The summed E-state index contributed by atoms with van der Waals surface area (Å²) in [7, 11) is 0. The van der Waals surface area contributed by atoms with Crippen molar-refractivity contribution in [1.29, 1.82) is 0 Å². The van der Waals surface area contributed by atoms with E-state index >= 15 is 0 Å². The summed E-state index contributed by atoms with van der Waals surface area (Å²) in [5.41, 5.74) is 0. The predicted octanol–water partition coefficient (Wildman–Crippen LogP) is 3.99. The van der Waals surface area contributed by atoms with Crippen molar-refractivity contribution in [2.24, 2.45) is 0 Å². The lowest BCUT2D eigenvalue weighted by Gasteiger charge is -2.15. The van der Waals surface area contributed by atoms with Crippen LogP contribution in [0.25, 0.3) is 21.5 Å². The minimum atomic E-state index is -4.11. The maximum atomic E-state index is 13.3. The van der Waals surface area contributed by atoms with E-state index in [1.807, 2.05) is 0 Å². The standard InChI is InChI=1S/C18H14F2O8S/c19-18(20,29-28-27-24)17(23)26-9-8-25-13-7-3-6-12-14(13)16(22)11-5-2-1-4-10(11)15(12)21/h1-7,21-22,24H,8-9H2. The van der Waals surface area contributed by atoms with Crippen molar-refractivity contribution in [1.82, 2.24) is 0 Å². The number of alkyl halides is 2. The zero-order chi connectivity index (χ0) is 21.0. The highest BCUT2D eigenvalue weighted by atomic mass is 32.2. The first-order chi connectivity index (χ1) is 13.9. The fraction of sp³-hybridized carbons (Fsp3) is 0.167. The maximum absolute atomic E-state index is 13.3. The van der Waals surface area contributed by atoms with Gasteiger partial charge in [-0.1, -0.05) is 41.4 Å². The monoisotopic (exact) mass is 428 g/mol. The van der Waals surface area contributed by atoms with E-state index in [0.717, 1.165) is 0 Å². The molecule has 0 aliphatic heterocycles. The largest absolute Gasteiger partial charge is 0.507 e. The van der Waals surface area contributed by atoms with Gasteiger partial charge in [-0.25, -0.2) is 10.1 Å². The van der Waals surface area contributed by atoms with Crippen LogP contribution in [0.4, 0.5) is 8.78 Å². The van der Waals surface area contributed by atoms with E-state index in [1.165, 1.54) is 6.07 Å². The number of halogens is 2. The van der Waals surface area contributed by atoms with Gasteiger partial charge in [-0.15, -0.1) is 4.33 Å². The van der Waals surface area contributed by atoms with Crippen LogP contribution in [0.3, 0.4) is 0 Å². The van der Waals surface area contributed by atoms with Crippen molar-refractivity contribution in [3.8, 4) is 17.2 Å². The van der Waals surface area contributed by atoms with Gasteiger partial charge in [0.2, 0.25) is 0 Å². The molecule has 8 nitrogen and oxygen atoms in total. The third-order valence-corrected chi connectivity index (χ3v) is 4.44. The number of rotatable bonds is 8. The van der Waals surface area contributed by atoms with Crippen molar-refractivity contribution in [2.75, 3.05) is 13.2 Å². The Balaban J connectivity index is 1.75. The Morgan fingerprint density at radius 2 is 1.62 bits per heavy atom. The van der Waals surface area contributed by atoms with Crippen LogP contribution in [0.15, 0.2) is 42.5 Å². The molecule has 0 bridgehead atoms. The molecule has 11 heteroatoms. The fourth-order valence-corrected chi connectivity index (χ4v) is 2.97. The summed E-state index contributed by atoms with van der Waals surface area (Å²) in [6.07, 6.45) is 0. The first-order valence-corrected chi connectivity index (χ1v) is 8.80. The van der Waals surface area contributed by atoms with Crippen LogP contribution >= 0.6 is 12.0 Å². The summed E-state index contributed by atoms with van der Waals surface area (Å²) >= 11 is -0.734. The minimum Gasteiger partial charge on any atom is -0.507 e. The molecule has 0 amide bonds. The van der Waals surface area contributed by atoms with Gasteiger partial charge in [0.15, 0.2) is 0 Å². The normalized spacial score (nSPS) is 11.7. The van der Waals surface area contributed by atoms with E-state index in [-0.39, 0.29) is 29.2 Å². The number of hydrogen-bond acceptors (Lipinski definition) is 9. The molecule has 0 atom stereocenters. The Kier molecular flexibility index (Phi) is 6.23. The topological polar surface area (TPSA) is 115 Å². The molecular formula is C18H14F2O8S. The average Bonchev–Trinajstić information content (AvgIpc) is 2.73. The number of hydrogen-bond donors (Lipinski definition) is 3. The van der Waals surface area contributed by atoms with E-state index in [9.17, 15) is 23.8 Å². The summed E-state index contributed by atoms with van der Waals surface area (Å²) in [5, 5.41) is 29.3. The van der Waals surface area contributed by atoms with Gasteiger partial charge in [0.25, 0.3) is 0 Å². The second kappa shape index (κ2) is 8.66.